The number of hydrogen-bond donors (Lipinski definition) is 2. The highest BCUT2D eigenvalue weighted by atomic mass is 19.4. The molecule has 0 heterocycles. The van der Waals surface area contributed by atoms with Crippen LogP contribution in [-0.4, -0.2) is 30.0 Å². The fraction of sp³-hybridized carbons (Fsp3) is 1.00. The summed E-state index contributed by atoms with van der Waals surface area (Å²) in [5.41, 5.74) is -0.743. The maximum Gasteiger partial charge on any atom is 0.401 e. The lowest BCUT2D eigenvalue weighted by Gasteiger charge is -2.42. The summed E-state index contributed by atoms with van der Waals surface area (Å²) in [4.78, 5) is 0. The van der Waals surface area contributed by atoms with Crippen LogP contribution < -0.4 is 5.32 Å². The lowest BCUT2D eigenvalue weighted by molar-refractivity contribution is -0.132. The van der Waals surface area contributed by atoms with E-state index in [1.165, 1.54) is 0 Å². The predicted octanol–water partition coefficient (Wildman–Crippen LogP) is 2.33. The van der Waals surface area contributed by atoms with Gasteiger partial charge in [-0.2, -0.15) is 13.2 Å². The fourth-order valence-electron chi connectivity index (χ4n) is 2.89. The van der Waals surface area contributed by atoms with Crippen molar-refractivity contribution in [1.82, 2.24) is 5.32 Å². The first kappa shape index (κ1) is 13.8. The van der Waals surface area contributed by atoms with E-state index in [-0.39, 0.29) is 6.61 Å². The first-order valence-corrected chi connectivity index (χ1v) is 5.69. The van der Waals surface area contributed by atoms with E-state index < -0.39 is 18.3 Å². The third-order valence-electron chi connectivity index (χ3n) is 3.25. The molecule has 2 unspecified atom stereocenters. The Balaban J connectivity index is 2.62. The summed E-state index contributed by atoms with van der Waals surface area (Å²) in [5, 5.41) is 11.9. The summed E-state index contributed by atoms with van der Waals surface area (Å²) in [6.07, 6.45) is -1.96. The number of hydrogen-bond acceptors (Lipinski definition) is 2. The van der Waals surface area contributed by atoms with Crippen molar-refractivity contribution in [1.29, 1.82) is 0 Å². The SMILES string of the molecule is CC1CC(C)CC(CO)(NCC(F)(F)F)C1. The zero-order valence-corrected chi connectivity index (χ0v) is 9.77. The van der Waals surface area contributed by atoms with Crippen LogP contribution in [0.15, 0.2) is 0 Å². The lowest BCUT2D eigenvalue weighted by atomic mass is 9.72. The molecule has 1 saturated carbocycles. The van der Waals surface area contributed by atoms with Crippen molar-refractivity contribution in [2.45, 2.75) is 44.8 Å². The normalized spacial score (nSPS) is 36.4. The minimum Gasteiger partial charge on any atom is -0.394 e. The molecule has 2 nitrogen and oxygen atoms in total. The number of alkyl halides is 3. The van der Waals surface area contributed by atoms with Gasteiger partial charge < -0.3 is 10.4 Å². The topological polar surface area (TPSA) is 32.3 Å². The molecule has 2 N–H and O–H groups in total. The smallest absolute Gasteiger partial charge is 0.394 e. The van der Waals surface area contributed by atoms with Crippen LogP contribution in [0.3, 0.4) is 0 Å². The number of aliphatic hydroxyl groups is 1. The summed E-state index contributed by atoms with van der Waals surface area (Å²) >= 11 is 0. The molecule has 96 valence electrons. The van der Waals surface area contributed by atoms with E-state index in [1.807, 2.05) is 13.8 Å². The van der Waals surface area contributed by atoms with Crippen molar-refractivity contribution in [2.24, 2.45) is 11.8 Å². The van der Waals surface area contributed by atoms with Crippen LogP contribution in [0.5, 0.6) is 0 Å². The highest BCUT2D eigenvalue weighted by Gasteiger charge is 2.40. The largest absolute Gasteiger partial charge is 0.401 e. The lowest BCUT2D eigenvalue weighted by Crippen LogP contribution is -2.55. The number of aliphatic hydroxyl groups excluding tert-OH is 1. The monoisotopic (exact) mass is 239 g/mol. The zero-order valence-electron chi connectivity index (χ0n) is 9.77. The molecule has 2 atom stereocenters. The average molecular weight is 239 g/mol. The molecule has 5 heteroatoms. The molecule has 1 aliphatic rings. The summed E-state index contributed by atoms with van der Waals surface area (Å²) in [7, 11) is 0. The maximum atomic E-state index is 12.2. The zero-order chi connectivity index (χ0) is 12.4. The van der Waals surface area contributed by atoms with Crippen LogP contribution in [0.2, 0.25) is 0 Å². The Morgan fingerprint density at radius 2 is 1.75 bits per heavy atom. The minimum atomic E-state index is -4.22. The molecule has 0 spiro atoms. The van der Waals surface area contributed by atoms with Gasteiger partial charge in [-0.25, -0.2) is 0 Å². The van der Waals surface area contributed by atoms with Crippen molar-refractivity contribution in [2.75, 3.05) is 13.2 Å². The van der Waals surface area contributed by atoms with E-state index in [4.69, 9.17) is 0 Å². The van der Waals surface area contributed by atoms with Gasteiger partial charge in [-0.3, -0.25) is 0 Å². The van der Waals surface area contributed by atoms with E-state index in [2.05, 4.69) is 5.32 Å². The van der Waals surface area contributed by atoms with Gasteiger partial charge in [-0.15, -0.1) is 0 Å². The maximum absolute atomic E-state index is 12.2. The summed E-state index contributed by atoms with van der Waals surface area (Å²) < 4.78 is 36.5. The molecular weight excluding hydrogens is 219 g/mol. The second kappa shape index (κ2) is 4.92. The molecule has 0 radical (unpaired) electrons. The van der Waals surface area contributed by atoms with Gasteiger partial charge in [0.25, 0.3) is 0 Å². The second-order valence-electron chi connectivity index (χ2n) is 5.26. The van der Waals surface area contributed by atoms with Gasteiger partial charge in [0.2, 0.25) is 0 Å². The molecule has 0 aromatic carbocycles. The van der Waals surface area contributed by atoms with Crippen molar-refractivity contribution < 1.29 is 18.3 Å². The summed E-state index contributed by atoms with van der Waals surface area (Å²) in [6.45, 7) is 2.80. The standard InChI is InChI=1S/C11H20F3NO/c1-8-3-9(2)5-10(4-8,7-16)15-6-11(12,13)14/h8-9,15-16H,3-7H2,1-2H3. The van der Waals surface area contributed by atoms with Gasteiger partial charge in [-0.1, -0.05) is 13.8 Å². The molecule has 0 saturated heterocycles. The van der Waals surface area contributed by atoms with E-state index in [0.717, 1.165) is 6.42 Å². The van der Waals surface area contributed by atoms with Gasteiger partial charge in [0.15, 0.2) is 0 Å². The van der Waals surface area contributed by atoms with Gasteiger partial charge in [0.1, 0.15) is 0 Å². The Labute approximate surface area is 94.2 Å². The summed E-state index contributed by atoms with van der Waals surface area (Å²) in [5.74, 6) is 0.716. The molecule has 0 aromatic rings. The number of halogens is 3. The Hall–Kier alpha value is -0.290. The molecule has 0 aromatic heterocycles. The van der Waals surface area contributed by atoms with Crippen LogP contribution in [-0.2, 0) is 0 Å². The molecule has 0 amide bonds. The Morgan fingerprint density at radius 1 is 1.25 bits per heavy atom. The van der Waals surface area contributed by atoms with Crippen molar-refractivity contribution in [3.8, 4) is 0 Å². The molecule has 0 bridgehead atoms. The first-order chi connectivity index (χ1) is 7.26. The molecular formula is C11H20F3NO. The average Bonchev–Trinajstić information content (AvgIpc) is 2.12. The Bertz CT molecular complexity index is 220. The number of nitrogens with one attached hydrogen (secondary N) is 1. The van der Waals surface area contributed by atoms with Crippen molar-refractivity contribution in [3.05, 3.63) is 0 Å². The third kappa shape index (κ3) is 3.94. The minimum absolute atomic E-state index is 0.224. The van der Waals surface area contributed by atoms with Crippen molar-refractivity contribution in [3.63, 3.8) is 0 Å². The third-order valence-corrected chi connectivity index (χ3v) is 3.25. The Morgan fingerprint density at radius 3 is 2.12 bits per heavy atom. The fourth-order valence-corrected chi connectivity index (χ4v) is 2.89. The van der Waals surface area contributed by atoms with Crippen LogP contribution in [0, 0.1) is 11.8 Å². The van der Waals surface area contributed by atoms with Crippen molar-refractivity contribution >= 4 is 0 Å². The van der Waals surface area contributed by atoms with Gasteiger partial charge in [0.05, 0.1) is 13.2 Å². The predicted molar refractivity (Wildman–Crippen MR) is 56.1 cm³/mol. The van der Waals surface area contributed by atoms with Crippen LogP contribution >= 0.6 is 0 Å². The van der Waals surface area contributed by atoms with E-state index in [1.54, 1.807) is 0 Å². The highest BCUT2D eigenvalue weighted by Crippen LogP contribution is 2.36. The molecule has 0 aliphatic heterocycles. The first-order valence-electron chi connectivity index (χ1n) is 5.69. The van der Waals surface area contributed by atoms with E-state index in [0.29, 0.717) is 24.7 Å². The number of rotatable bonds is 3. The van der Waals surface area contributed by atoms with Gasteiger partial charge >= 0.3 is 6.18 Å². The highest BCUT2D eigenvalue weighted by molar-refractivity contribution is 4.95. The second-order valence-corrected chi connectivity index (χ2v) is 5.26. The summed E-state index contributed by atoms with van der Waals surface area (Å²) in [6, 6.07) is 0. The molecule has 16 heavy (non-hydrogen) atoms. The van der Waals surface area contributed by atoms with E-state index >= 15 is 0 Å². The quantitative estimate of drug-likeness (QED) is 0.792. The molecule has 1 aliphatic carbocycles. The van der Waals surface area contributed by atoms with Gasteiger partial charge in [0, 0.05) is 5.54 Å². The van der Waals surface area contributed by atoms with Crippen LogP contribution in [0.1, 0.15) is 33.1 Å². The Kier molecular flexibility index (Phi) is 4.23. The van der Waals surface area contributed by atoms with E-state index in [9.17, 15) is 18.3 Å². The van der Waals surface area contributed by atoms with Crippen LogP contribution in [0.4, 0.5) is 13.2 Å². The molecule has 1 fully saturated rings. The van der Waals surface area contributed by atoms with Gasteiger partial charge in [-0.05, 0) is 31.1 Å². The van der Waals surface area contributed by atoms with Crippen LogP contribution in [0.25, 0.3) is 0 Å². The molecule has 1 rings (SSSR count).